The normalized spacial score (nSPS) is 26.2. The van der Waals surface area contributed by atoms with E-state index in [1.165, 1.54) is 18.2 Å². The van der Waals surface area contributed by atoms with Crippen LogP contribution >= 0.6 is 11.8 Å². The summed E-state index contributed by atoms with van der Waals surface area (Å²) in [5.74, 6) is 0.318. The van der Waals surface area contributed by atoms with E-state index in [2.05, 4.69) is 0 Å². The van der Waals surface area contributed by atoms with E-state index in [-0.39, 0.29) is 22.6 Å². The minimum Gasteiger partial charge on any atom is -0.485 e. The molecular formula is C17H20F3NO3S. The van der Waals surface area contributed by atoms with Gasteiger partial charge in [0, 0.05) is 23.4 Å². The molecule has 2 aliphatic heterocycles. The monoisotopic (exact) mass is 375 g/mol. The highest BCUT2D eigenvalue weighted by molar-refractivity contribution is 8.00. The lowest BCUT2D eigenvalue weighted by atomic mass is 9.84. The van der Waals surface area contributed by atoms with E-state index in [0.717, 1.165) is 12.8 Å². The number of thioether (sulfide) groups is 1. The van der Waals surface area contributed by atoms with Crippen LogP contribution in [0.1, 0.15) is 44.7 Å². The van der Waals surface area contributed by atoms with E-state index < -0.39 is 23.3 Å². The summed E-state index contributed by atoms with van der Waals surface area (Å²) in [6.45, 7) is 3.90. The Bertz CT molecular complexity index is 678. The van der Waals surface area contributed by atoms with Crippen LogP contribution < -0.4 is 4.74 Å². The van der Waals surface area contributed by atoms with Crippen molar-refractivity contribution in [2.45, 2.75) is 61.3 Å². The molecule has 0 radical (unpaired) electrons. The fraction of sp³-hybridized carbons (Fsp3) is 0.588. The number of amides is 1. The first-order valence-electron chi connectivity index (χ1n) is 8.15. The Balaban J connectivity index is 2.04. The molecule has 2 heterocycles. The Labute approximate surface area is 148 Å². The first-order chi connectivity index (χ1) is 11.6. The zero-order chi connectivity index (χ0) is 18.4. The number of aliphatic hydroxyl groups excluding tert-OH is 1. The third-order valence-electron chi connectivity index (χ3n) is 4.61. The van der Waals surface area contributed by atoms with Gasteiger partial charge in [-0.05, 0) is 56.7 Å². The zero-order valence-corrected chi connectivity index (χ0v) is 14.8. The van der Waals surface area contributed by atoms with E-state index in [9.17, 15) is 23.1 Å². The number of alkyl halides is 3. The number of halogens is 3. The predicted molar refractivity (Wildman–Crippen MR) is 87.4 cm³/mol. The van der Waals surface area contributed by atoms with Gasteiger partial charge in [0.05, 0.1) is 6.04 Å². The van der Waals surface area contributed by atoms with Gasteiger partial charge in [-0.25, -0.2) is 0 Å². The summed E-state index contributed by atoms with van der Waals surface area (Å²) in [5.41, 5.74) is -4.93. The third kappa shape index (κ3) is 3.74. The van der Waals surface area contributed by atoms with E-state index in [0.29, 0.717) is 24.3 Å². The van der Waals surface area contributed by atoms with E-state index in [4.69, 9.17) is 4.74 Å². The van der Waals surface area contributed by atoms with Crippen molar-refractivity contribution in [3.8, 4) is 5.75 Å². The SMILES string of the molecule is CC1(C)Oc2ccc(SC(F)(F)F)cc2C(N2CCCCC2=O)C1O. The molecule has 2 atom stereocenters. The number of carbonyl (C=O) groups is 1. The second-order valence-corrected chi connectivity index (χ2v) is 8.03. The predicted octanol–water partition coefficient (Wildman–Crippen LogP) is 3.88. The Morgan fingerprint density at radius 3 is 2.68 bits per heavy atom. The molecule has 4 nitrogen and oxygen atoms in total. The summed E-state index contributed by atoms with van der Waals surface area (Å²) in [4.78, 5) is 14.0. The molecule has 3 rings (SSSR count). The Morgan fingerprint density at radius 1 is 1.32 bits per heavy atom. The van der Waals surface area contributed by atoms with Crippen LogP contribution in [0, 0.1) is 0 Å². The Morgan fingerprint density at radius 2 is 2.04 bits per heavy atom. The fourth-order valence-electron chi connectivity index (χ4n) is 3.40. The number of nitrogens with zero attached hydrogens (tertiary/aromatic N) is 1. The van der Waals surface area contributed by atoms with Gasteiger partial charge in [0.25, 0.3) is 0 Å². The van der Waals surface area contributed by atoms with Crippen molar-refractivity contribution in [3.05, 3.63) is 23.8 Å². The number of piperidine rings is 1. The molecule has 0 spiro atoms. The summed E-state index contributed by atoms with van der Waals surface area (Å²) in [6, 6.07) is 3.50. The van der Waals surface area contributed by atoms with Gasteiger partial charge in [0.2, 0.25) is 5.91 Å². The number of fused-ring (bicyclic) bond motifs is 1. The van der Waals surface area contributed by atoms with Crippen molar-refractivity contribution >= 4 is 17.7 Å². The number of likely N-dealkylation sites (tertiary alicyclic amines) is 1. The molecule has 25 heavy (non-hydrogen) atoms. The van der Waals surface area contributed by atoms with Crippen molar-refractivity contribution in [2.75, 3.05) is 6.54 Å². The number of hydrogen-bond donors (Lipinski definition) is 1. The van der Waals surface area contributed by atoms with Crippen molar-refractivity contribution in [3.63, 3.8) is 0 Å². The van der Waals surface area contributed by atoms with Gasteiger partial charge in [-0.15, -0.1) is 0 Å². The zero-order valence-electron chi connectivity index (χ0n) is 14.0. The maximum absolute atomic E-state index is 12.7. The van der Waals surface area contributed by atoms with Gasteiger partial charge in [-0.2, -0.15) is 13.2 Å². The second kappa shape index (κ2) is 6.39. The van der Waals surface area contributed by atoms with E-state index >= 15 is 0 Å². The maximum atomic E-state index is 12.7. The molecule has 138 valence electrons. The van der Waals surface area contributed by atoms with Crippen LogP contribution in [0.3, 0.4) is 0 Å². The number of benzene rings is 1. The molecule has 2 unspecified atom stereocenters. The highest BCUT2D eigenvalue weighted by Gasteiger charge is 2.47. The van der Waals surface area contributed by atoms with E-state index in [1.54, 1.807) is 18.7 Å². The van der Waals surface area contributed by atoms with Crippen molar-refractivity contribution < 1.29 is 27.8 Å². The minimum absolute atomic E-state index is 0.0104. The van der Waals surface area contributed by atoms with Gasteiger partial charge in [-0.1, -0.05) is 0 Å². The number of rotatable bonds is 2. The van der Waals surface area contributed by atoms with Gasteiger partial charge in [-0.3, -0.25) is 4.79 Å². The van der Waals surface area contributed by atoms with Crippen LogP contribution in [0.25, 0.3) is 0 Å². The van der Waals surface area contributed by atoms with Crippen molar-refractivity contribution in [2.24, 2.45) is 0 Å². The molecule has 1 fully saturated rings. The highest BCUT2D eigenvalue weighted by atomic mass is 32.2. The van der Waals surface area contributed by atoms with Gasteiger partial charge >= 0.3 is 5.51 Å². The molecule has 2 aliphatic rings. The standard InChI is InChI=1S/C17H20F3NO3S/c1-16(2)15(23)14(21-8-4-3-5-13(21)22)11-9-10(25-17(18,19)20)6-7-12(11)24-16/h6-7,9,14-15,23H,3-5,8H2,1-2H3. The van der Waals surface area contributed by atoms with Crippen LogP contribution in [-0.4, -0.2) is 39.7 Å². The van der Waals surface area contributed by atoms with Crippen molar-refractivity contribution in [1.82, 2.24) is 4.90 Å². The third-order valence-corrected chi connectivity index (χ3v) is 5.33. The molecule has 1 amide bonds. The van der Waals surface area contributed by atoms with Crippen LogP contribution in [-0.2, 0) is 4.79 Å². The van der Waals surface area contributed by atoms with Crippen LogP contribution in [0.5, 0.6) is 5.75 Å². The Hall–Kier alpha value is -1.41. The quantitative estimate of drug-likeness (QED) is 0.797. The lowest BCUT2D eigenvalue weighted by Gasteiger charge is -2.47. The van der Waals surface area contributed by atoms with Gasteiger partial charge in [0.1, 0.15) is 17.5 Å². The summed E-state index contributed by atoms with van der Waals surface area (Å²) in [6.07, 6.45) is 0.946. The minimum atomic E-state index is -4.40. The summed E-state index contributed by atoms with van der Waals surface area (Å²) < 4.78 is 43.9. The van der Waals surface area contributed by atoms with Gasteiger partial charge in [0.15, 0.2) is 0 Å². The molecule has 0 saturated carbocycles. The average molecular weight is 375 g/mol. The molecular weight excluding hydrogens is 355 g/mol. The Kier molecular flexibility index (Phi) is 4.70. The molecule has 0 aliphatic carbocycles. The molecule has 0 bridgehead atoms. The van der Waals surface area contributed by atoms with Crippen LogP contribution in [0.4, 0.5) is 13.2 Å². The number of hydrogen-bond acceptors (Lipinski definition) is 4. The first-order valence-corrected chi connectivity index (χ1v) is 8.96. The number of carbonyl (C=O) groups excluding carboxylic acids is 1. The van der Waals surface area contributed by atoms with Crippen LogP contribution in [0.15, 0.2) is 23.1 Å². The molecule has 1 N–H and O–H groups in total. The van der Waals surface area contributed by atoms with Crippen molar-refractivity contribution in [1.29, 1.82) is 0 Å². The molecule has 1 aromatic carbocycles. The summed E-state index contributed by atoms with van der Waals surface area (Å²) >= 11 is -0.216. The molecule has 8 heteroatoms. The molecule has 1 saturated heterocycles. The van der Waals surface area contributed by atoms with E-state index in [1.807, 2.05) is 0 Å². The molecule has 1 aromatic rings. The number of aliphatic hydroxyl groups is 1. The fourth-order valence-corrected chi connectivity index (χ4v) is 3.99. The maximum Gasteiger partial charge on any atom is 0.446 e. The first kappa shape index (κ1) is 18.4. The number of ether oxygens (including phenoxy) is 1. The highest BCUT2D eigenvalue weighted by Crippen LogP contribution is 2.46. The average Bonchev–Trinajstić information content (AvgIpc) is 2.49. The van der Waals surface area contributed by atoms with Crippen LogP contribution in [0.2, 0.25) is 0 Å². The summed E-state index contributed by atoms with van der Waals surface area (Å²) in [7, 11) is 0. The second-order valence-electron chi connectivity index (χ2n) is 6.89. The topological polar surface area (TPSA) is 49.8 Å². The summed E-state index contributed by atoms with van der Waals surface area (Å²) in [5, 5.41) is 10.8. The molecule has 0 aromatic heterocycles. The van der Waals surface area contributed by atoms with Gasteiger partial charge < -0.3 is 14.7 Å². The lowest BCUT2D eigenvalue weighted by molar-refractivity contribution is -0.147. The smallest absolute Gasteiger partial charge is 0.446 e. The lowest BCUT2D eigenvalue weighted by Crippen LogP contribution is -2.55. The largest absolute Gasteiger partial charge is 0.485 e.